The van der Waals surface area contributed by atoms with E-state index in [1.54, 1.807) is 24.3 Å². The first-order valence-corrected chi connectivity index (χ1v) is 11.0. The number of thiophene rings is 1. The molecule has 3 aromatic carbocycles. The zero-order valence-corrected chi connectivity index (χ0v) is 18.9. The molecule has 6 nitrogen and oxygen atoms in total. The van der Waals surface area contributed by atoms with Crippen LogP contribution < -0.4 is 20.1 Å². The van der Waals surface area contributed by atoms with Gasteiger partial charge in [-0.05, 0) is 58.6 Å². The van der Waals surface area contributed by atoms with E-state index in [2.05, 4.69) is 10.6 Å². The van der Waals surface area contributed by atoms with Crippen LogP contribution in [-0.4, -0.2) is 26.0 Å². The molecule has 4 aromatic rings. The predicted octanol–water partition coefficient (Wildman–Crippen LogP) is 5.33. The molecule has 0 fully saturated rings. The normalized spacial score (nSPS) is 11.2. The first-order valence-electron chi connectivity index (χ1n) is 10.2. The van der Waals surface area contributed by atoms with Crippen LogP contribution in [-0.2, 0) is 4.79 Å². The molecular weight excluding hydrogens is 436 g/mol. The highest BCUT2D eigenvalue weighted by molar-refractivity contribution is 7.10. The second-order valence-corrected chi connectivity index (χ2v) is 8.09. The van der Waals surface area contributed by atoms with E-state index in [9.17, 15) is 9.59 Å². The fourth-order valence-corrected chi connectivity index (χ4v) is 3.97. The van der Waals surface area contributed by atoms with Crippen LogP contribution >= 0.6 is 11.3 Å². The van der Waals surface area contributed by atoms with Crippen LogP contribution in [0.3, 0.4) is 0 Å². The third-order valence-electron chi connectivity index (χ3n) is 4.98. The summed E-state index contributed by atoms with van der Waals surface area (Å²) in [6.07, 6.45) is 1.65. The van der Waals surface area contributed by atoms with E-state index >= 15 is 0 Å². The first-order chi connectivity index (χ1) is 16.1. The molecule has 0 saturated heterocycles. The summed E-state index contributed by atoms with van der Waals surface area (Å²) in [5, 5.41) is 9.61. The van der Waals surface area contributed by atoms with E-state index in [0.29, 0.717) is 22.7 Å². The molecule has 0 aliphatic heterocycles. The van der Waals surface area contributed by atoms with Crippen molar-refractivity contribution in [1.29, 1.82) is 0 Å². The monoisotopic (exact) mass is 458 g/mol. The minimum Gasteiger partial charge on any atom is -0.493 e. The average Bonchev–Trinajstić information content (AvgIpc) is 3.36. The van der Waals surface area contributed by atoms with E-state index in [1.165, 1.54) is 25.6 Å². The Hall–Kier alpha value is -4.10. The number of amides is 2. The number of hydrogen-bond acceptors (Lipinski definition) is 5. The van der Waals surface area contributed by atoms with Crippen LogP contribution in [0.4, 0.5) is 5.69 Å². The summed E-state index contributed by atoms with van der Waals surface area (Å²) in [5.74, 6) is 0.0759. The van der Waals surface area contributed by atoms with Gasteiger partial charge in [0, 0.05) is 16.1 Å². The number of anilines is 1. The molecule has 1 heterocycles. The summed E-state index contributed by atoms with van der Waals surface area (Å²) >= 11 is 1.47. The molecule has 0 aliphatic carbocycles. The average molecular weight is 459 g/mol. The molecular formula is C26H22N2O4S. The van der Waals surface area contributed by atoms with Crippen molar-refractivity contribution >= 4 is 45.7 Å². The molecule has 2 amide bonds. The Morgan fingerprint density at radius 1 is 0.848 bits per heavy atom. The van der Waals surface area contributed by atoms with Gasteiger partial charge >= 0.3 is 0 Å². The molecule has 0 unspecified atom stereocenters. The fourth-order valence-electron chi connectivity index (χ4n) is 3.31. The minimum atomic E-state index is -0.438. The molecule has 2 N–H and O–H groups in total. The van der Waals surface area contributed by atoms with Crippen molar-refractivity contribution in [2.24, 2.45) is 0 Å². The van der Waals surface area contributed by atoms with Gasteiger partial charge in [0.15, 0.2) is 11.5 Å². The van der Waals surface area contributed by atoms with E-state index in [-0.39, 0.29) is 5.70 Å². The number of carbonyl (C=O) groups is 2. The van der Waals surface area contributed by atoms with Crippen molar-refractivity contribution in [2.45, 2.75) is 0 Å². The van der Waals surface area contributed by atoms with Crippen molar-refractivity contribution in [1.82, 2.24) is 5.32 Å². The Kier molecular flexibility index (Phi) is 6.71. The third kappa shape index (κ3) is 5.22. The number of rotatable bonds is 7. The molecule has 4 rings (SSSR count). The molecule has 0 aliphatic rings. The summed E-state index contributed by atoms with van der Waals surface area (Å²) in [7, 11) is 3.02. The van der Waals surface area contributed by atoms with Crippen LogP contribution in [0.15, 0.2) is 83.9 Å². The van der Waals surface area contributed by atoms with Gasteiger partial charge in [0.2, 0.25) is 0 Å². The van der Waals surface area contributed by atoms with Gasteiger partial charge < -0.3 is 20.1 Å². The van der Waals surface area contributed by atoms with Gasteiger partial charge in [-0.25, -0.2) is 0 Å². The van der Waals surface area contributed by atoms with Crippen LogP contribution in [0, 0.1) is 0 Å². The Bertz CT molecular complexity index is 1330. The summed E-state index contributed by atoms with van der Waals surface area (Å²) in [6, 6.07) is 22.1. The van der Waals surface area contributed by atoms with E-state index in [1.807, 2.05) is 60.0 Å². The van der Waals surface area contributed by atoms with Crippen LogP contribution in [0.5, 0.6) is 11.5 Å². The maximum atomic E-state index is 13.1. The zero-order valence-electron chi connectivity index (χ0n) is 18.1. The number of fused-ring (bicyclic) bond motifs is 1. The molecule has 0 saturated carbocycles. The van der Waals surface area contributed by atoms with Crippen molar-refractivity contribution in [3.63, 3.8) is 0 Å². The summed E-state index contributed by atoms with van der Waals surface area (Å²) < 4.78 is 10.5. The van der Waals surface area contributed by atoms with Crippen LogP contribution in [0.2, 0.25) is 0 Å². The molecule has 0 radical (unpaired) electrons. The highest BCUT2D eigenvalue weighted by Crippen LogP contribution is 2.27. The lowest BCUT2D eigenvalue weighted by atomic mass is 10.1. The summed E-state index contributed by atoms with van der Waals surface area (Å²) in [5.41, 5.74) is 1.10. The Labute approximate surface area is 195 Å². The lowest BCUT2D eigenvalue weighted by Gasteiger charge is -2.13. The summed E-state index contributed by atoms with van der Waals surface area (Å²) in [6.45, 7) is 0. The number of nitrogens with one attached hydrogen (secondary N) is 2. The van der Waals surface area contributed by atoms with Gasteiger partial charge in [0.25, 0.3) is 11.8 Å². The highest BCUT2D eigenvalue weighted by Gasteiger charge is 2.17. The summed E-state index contributed by atoms with van der Waals surface area (Å²) in [4.78, 5) is 26.9. The van der Waals surface area contributed by atoms with Gasteiger partial charge in [0.05, 0.1) is 14.2 Å². The van der Waals surface area contributed by atoms with E-state index < -0.39 is 11.8 Å². The molecule has 0 bridgehead atoms. The highest BCUT2D eigenvalue weighted by atomic mass is 32.1. The first kappa shape index (κ1) is 22.1. The van der Waals surface area contributed by atoms with Crippen molar-refractivity contribution in [3.05, 3.63) is 94.3 Å². The van der Waals surface area contributed by atoms with Crippen molar-refractivity contribution in [2.75, 3.05) is 19.5 Å². The third-order valence-corrected chi connectivity index (χ3v) is 5.79. The molecule has 7 heteroatoms. The Morgan fingerprint density at radius 3 is 2.36 bits per heavy atom. The minimum absolute atomic E-state index is 0.130. The zero-order chi connectivity index (χ0) is 23.2. The topological polar surface area (TPSA) is 76.7 Å². The van der Waals surface area contributed by atoms with E-state index in [0.717, 1.165) is 15.6 Å². The van der Waals surface area contributed by atoms with Crippen LogP contribution in [0.1, 0.15) is 15.2 Å². The number of methoxy groups -OCH3 is 2. The maximum absolute atomic E-state index is 13.1. The van der Waals surface area contributed by atoms with Gasteiger partial charge in [-0.15, -0.1) is 11.3 Å². The molecule has 33 heavy (non-hydrogen) atoms. The second kappa shape index (κ2) is 10.0. The van der Waals surface area contributed by atoms with Gasteiger partial charge in [-0.3, -0.25) is 9.59 Å². The van der Waals surface area contributed by atoms with Gasteiger partial charge in [0.1, 0.15) is 5.70 Å². The quantitative estimate of drug-likeness (QED) is 0.367. The predicted molar refractivity (Wildman–Crippen MR) is 132 cm³/mol. The standard InChI is InChI=1S/C26H22N2O4S/c1-31-23-12-10-19(15-24(23)32-2)25(29)28-22(16-21-8-5-13-33-21)26(30)27-20-11-9-17-6-3-4-7-18(17)14-20/h3-16H,1-2H3,(H,27,30)(H,28,29)/b22-16-. The SMILES string of the molecule is COc1ccc(C(=O)N/C(=C\c2cccs2)C(=O)Nc2ccc3ccccc3c2)cc1OC. The number of benzene rings is 3. The van der Waals surface area contributed by atoms with Crippen molar-refractivity contribution in [3.8, 4) is 11.5 Å². The van der Waals surface area contributed by atoms with Gasteiger partial charge in [-0.2, -0.15) is 0 Å². The smallest absolute Gasteiger partial charge is 0.272 e. The molecule has 0 atom stereocenters. The lowest BCUT2D eigenvalue weighted by molar-refractivity contribution is -0.113. The maximum Gasteiger partial charge on any atom is 0.272 e. The number of carbonyl (C=O) groups excluding carboxylic acids is 2. The molecule has 166 valence electrons. The van der Waals surface area contributed by atoms with Crippen molar-refractivity contribution < 1.29 is 19.1 Å². The Balaban J connectivity index is 1.59. The number of ether oxygens (including phenoxy) is 2. The molecule has 0 spiro atoms. The molecule has 1 aromatic heterocycles. The fraction of sp³-hybridized carbons (Fsp3) is 0.0769. The Morgan fingerprint density at radius 2 is 1.64 bits per heavy atom. The largest absolute Gasteiger partial charge is 0.493 e. The second-order valence-electron chi connectivity index (χ2n) is 7.11. The lowest BCUT2D eigenvalue weighted by Crippen LogP contribution is -2.30. The van der Waals surface area contributed by atoms with Gasteiger partial charge in [-0.1, -0.05) is 36.4 Å². The van der Waals surface area contributed by atoms with Crippen LogP contribution in [0.25, 0.3) is 16.8 Å². The number of hydrogen-bond donors (Lipinski definition) is 2. The van der Waals surface area contributed by atoms with E-state index in [4.69, 9.17) is 9.47 Å².